The number of hydrogen-bond acceptors (Lipinski definition) is 6. The minimum absolute atomic E-state index is 0.0510. The summed E-state index contributed by atoms with van der Waals surface area (Å²) >= 11 is 0. The smallest absolute Gasteiger partial charge is 0.433 e. The van der Waals surface area contributed by atoms with Crippen molar-refractivity contribution in [2.45, 2.75) is 50.8 Å². The summed E-state index contributed by atoms with van der Waals surface area (Å²) in [4.78, 5) is 22.9. The van der Waals surface area contributed by atoms with Crippen molar-refractivity contribution < 1.29 is 37.0 Å². The van der Waals surface area contributed by atoms with Crippen molar-refractivity contribution in [2.24, 2.45) is 5.41 Å². The zero-order chi connectivity index (χ0) is 27.0. The molecular weight excluding hydrogens is 499 g/mol. The van der Waals surface area contributed by atoms with Crippen LogP contribution in [0.2, 0.25) is 0 Å². The molecule has 0 radical (unpaired) electrons. The van der Waals surface area contributed by atoms with Crippen LogP contribution in [0.3, 0.4) is 0 Å². The Morgan fingerprint density at radius 2 is 1.73 bits per heavy atom. The second-order valence-electron chi connectivity index (χ2n) is 9.36. The molecule has 0 atom stereocenters. The number of aliphatic carboxylic acids is 1. The van der Waals surface area contributed by atoms with Crippen LogP contribution >= 0.6 is 0 Å². The molecule has 2 aromatic heterocycles. The Bertz CT molecular complexity index is 1290. The molecule has 4 rings (SSSR count). The minimum atomic E-state index is -4.70. The highest BCUT2D eigenvalue weighted by molar-refractivity contribution is 5.74. The monoisotopic (exact) mass is 522 g/mol. The van der Waals surface area contributed by atoms with Crippen LogP contribution in [0.1, 0.15) is 56.0 Å². The van der Waals surface area contributed by atoms with Crippen molar-refractivity contribution in [3.05, 3.63) is 65.7 Å². The maximum atomic E-state index is 13.6. The van der Waals surface area contributed by atoms with Gasteiger partial charge in [-0.1, -0.05) is 6.07 Å². The molecule has 12 heteroatoms. The molecular formula is C25H23F5N4O3. The minimum Gasteiger partial charge on any atom is -0.481 e. The summed E-state index contributed by atoms with van der Waals surface area (Å²) < 4.78 is 66.0. The molecule has 0 saturated heterocycles. The van der Waals surface area contributed by atoms with Crippen LogP contribution in [0.25, 0.3) is 11.1 Å². The van der Waals surface area contributed by atoms with E-state index in [9.17, 15) is 37.0 Å². The van der Waals surface area contributed by atoms with Gasteiger partial charge in [0, 0.05) is 29.2 Å². The number of carboxylic acids is 1. The first-order valence-corrected chi connectivity index (χ1v) is 11.3. The number of carbonyl (C=O) groups is 1. The Morgan fingerprint density at radius 3 is 2.30 bits per heavy atom. The first kappa shape index (κ1) is 26.4. The van der Waals surface area contributed by atoms with Crippen LogP contribution in [-0.2, 0) is 16.6 Å². The van der Waals surface area contributed by atoms with Gasteiger partial charge in [-0.2, -0.15) is 13.2 Å². The second kappa shape index (κ2) is 9.66. The molecule has 0 aliphatic heterocycles. The lowest BCUT2D eigenvalue weighted by atomic mass is 9.69. The Hall–Kier alpha value is -3.67. The van der Waals surface area contributed by atoms with E-state index in [1.165, 1.54) is 18.3 Å². The van der Waals surface area contributed by atoms with Gasteiger partial charge in [0.2, 0.25) is 5.95 Å². The van der Waals surface area contributed by atoms with Crippen molar-refractivity contribution >= 4 is 17.6 Å². The number of aromatic nitrogens is 3. The zero-order valence-corrected chi connectivity index (χ0v) is 19.6. The predicted octanol–water partition coefficient (Wildman–Crippen LogP) is 6.09. The summed E-state index contributed by atoms with van der Waals surface area (Å²) in [6.45, 7) is 1.64. The molecule has 0 bridgehead atoms. The van der Waals surface area contributed by atoms with Gasteiger partial charge in [0.1, 0.15) is 11.3 Å². The molecule has 7 nitrogen and oxygen atoms in total. The molecule has 0 unspecified atom stereocenters. The molecule has 2 heterocycles. The van der Waals surface area contributed by atoms with Gasteiger partial charge in [0.25, 0.3) is 6.43 Å². The molecule has 0 amide bonds. The van der Waals surface area contributed by atoms with E-state index >= 15 is 0 Å². The second-order valence-corrected chi connectivity index (χ2v) is 9.36. The van der Waals surface area contributed by atoms with Gasteiger partial charge >= 0.3 is 12.1 Å². The topological polar surface area (TPSA) is 108 Å². The number of nitrogens with zero attached hydrogens (tertiary/aromatic N) is 3. The van der Waals surface area contributed by atoms with Gasteiger partial charge in [-0.05, 0) is 68.5 Å². The SMILES string of the molecule is CC1(C(=O)O)CCC(O)(c2ccc(-c3cc(Nc4nccc(C(F)(F)F)n4)cc(C(F)F)c3)cn2)CC1. The largest absolute Gasteiger partial charge is 0.481 e. The first-order valence-electron chi connectivity index (χ1n) is 11.3. The van der Waals surface area contributed by atoms with Crippen LogP contribution in [0, 0.1) is 5.41 Å². The van der Waals surface area contributed by atoms with E-state index in [1.54, 1.807) is 19.1 Å². The number of alkyl halides is 5. The number of halogens is 5. The summed E-state index contributed by atoms with van der Waals surface area (Å²) in [6, 6.07) is 7.59. The quantitative estimate of drug-likeness (QED) is 0.336. The lowest BCUT2D eigenvalue weighted by molar-refractivity contribution is -0.153. The average molecular weight is 522 g/mol. The normalized spacial score (nSPS) is 22.2. The summed E-state index contributed by atoms with van der Waals surface area (Å²) in [5.41, 5.74) is -2.68. The molecule has 1 saturated carbocycles. The fraction of sp³-hybridized carbons (Fsp3) is 0.360. The standard InChI is InChI=1S/C25H23F5N4O3/c1-23(21(35)36)5-7-24(37,8-6-23)18-3-2-14(13-32-18)15-10-16(20(26)27)12-17(11-15)33-22-31-9-4-19(34-22)25(28,29)30/h2-4,9-13,20,37H,5-8H2,1H3,(H,35,36)(H,31,33,34). The highest BCUT2D eigenvalue weighted by Crippen LogP contribution is 2.45. The number of benzene rings is 1. The van der Waals surface area contributed by atoms with Crippen LogP contribution < -0.4 is 5.32 Å². The van der Waals surface area contributed by atoms with E-state index in [-0.39, 0.29) is 36.9 Å². The molecule has 1 aliphatic carbocycles. The Morgan fingerprint density at radius 1 is 1.03 bits per heavy atom. The van der Waals surface area contributed by atoms with Gasteiger partial charge in [0.15, 0.2) is 0 Å². The van der Waals surface area contributed by atoms with Crippen LogP contribution in [0.5, 0.6) is 0 Å². The van der Waals surface area contributed by atoms with Gasteiger partial charge < -0.3 is 15.5 Å². The van der Waals surface area contributed by atoms with Crippen molar-refractivity contribution in [1.29, 1.82) is 0 Å². The first-order chi connectivity index (χ1) is 17.3. The summed E-state index contributed by atoms with van der Waals surface area (Å²) in [7, 11) is 0. The summed E-state index contributed by atoms with van der Waals surface area (Å²) in [6.07, 6.45) is -4.31. The van der Waals surface area contributed by atoms with Crippen LogP contribution in [0.15, 0.2) is 48.8 Å². The number of carboxylic acid groups (broad SMARTS) is 1. The zero-order valence-electron chi connectivity index (χ0n) is 19.6. The van der Waals surface area contributed by atoms with Gasteiger partial charge in [-0.25, -0.2) is 18.7 Å². The average Bonchev–Trinajstić information content (AvgIpc) is 2.85. The molecule has 1 aliphatic rings. The van der Waals surface area contributed by atoms with E-state index in [0.29, 0.717) is 22.9 Å². The number of anilines is 2. The van der Waals surface area contributed by atoms with E-state index in [0.717, 1.165) is 12.3 Å². The lowest BCUT2D eigenvalue weighted by Crippen LogP contribution is -2.40. The van der Waals surface area contributed by atoms with E-state index in [4.69, 9.17) is 0 Å². The number of aliphatic hydroxyl groups is 1. The molecule has 3 aromatic rings. The maximum Gasteiger partial charge on any atom is 0.433 e. The number of nitrogens with one attached hydrogen (secondary N) is 1. The van der Waals surface area contributed by atoms with Gasteiger partial charge in [0.05, 0.1) is 11.1 Å². The van der Waals surface area contributed by atoms with E-state index in [1.807, 2.05) is 0 Å². The molecule has 0 spiro atoms. The highest BCUT2D eigenvalue weighted by atomic mass is 19.4. The summed E-state index contributed by atoms with van der Waals surface area (Å²) in [5.74, 6) is -1.33. The summed E-state index contributed by atoms with van der Waals surface area (Å²) in [5, 5.41) is 23.0. The molecule has 196 valence electrons. The highest BCUT2D eigenvalue weighted by Gasteiger charge is 2.44. The third-order valence-corrected chi connectivity index (χ3v) is 6.68. The molecule has 1 fully saturated rings. The Labute approximate surface area is 208 Å². The molecule has 3 N–H and O–H groups in total. The number of hydrogen-bond donors (Lipinski definition) is 3. The molecule has 1 aromatic carbocycles. The van der Waals surface area contributed by atoms with Crippen molar-refractivity contribution in [1.82, 2.24) is 15.0 Å². The van der Waals surface area contributed by atoms with Gasteiger partial charge in [-0.3, -0.25) is 9.78 Å². The van der Waals surface area contributed by atoms with Crippen LogP contribution in [-0.4, -0.2) is 31.1 Å². The third-order valence-electron chi connectivity index (χ3n) is 6.68. The van der Waals surface area contributed by atoms with Crippen molar-refractivity contribution in [3.63, 3.8) is 0 Å². The Kier molecular flexibility index (Phi) is 6.89. The number of rotatable bonds is 6. The fourth-order valence-corrected chi connectivity index (χ4v) is 4.25. The van der Waals surface area contributed by atoms with Gasteiger partial charge in [-0.15, -0.1) is 0 Å². The van der Waals surface area contributed by atoms with E-state index < -0.39 is 41.2 Å². The maximum absolute atomic E-state index is 13.6. The van der Waals surface area contributed by atoms with Crippen LogP contribution in [0.4, 0.5) is 33.6 Å². The van der Waals surface area contributed by atoms with Crippen molar-refractivity contribution in [3.8, 4) is 11.1 Å². The fourth-order valence-electron chi connectivity index (χ4n) is 4.25. The third kappa shape index (κ3) is 5.68. The Balaban J connectivity index is 1.60. The molecule has 37 heavy (non-hydrogen) atoms. The lowest BCUT2D eigenvalue weighted by Gasteiger charge is -2.39. The predicted molar refractivity (Wildman–Crippen MR) is 123 cm³/mol. The van der Waals surface area contributed by atoms with Crippen molar-refractivity contribution in [2.75, 3.05) is 5.32 Å². The van der Waals surface area contributed by atoms with E-state index in [2.05, 4.69) is 20.3 Å². The number of pyridine rings is 1.